The van der Waals surface area contributed by atoms with Crippen LogP contribution < -0.4 is 0 Å². The van der Waals surface area contributed by atoms with Crippen LogP contribution in [0.25, 0.3) is 0 Å². The van der Waals surface area contributed by atoms with Gasteiger partial charge in [-0.3, -0.25) is 4.79 Å². The molecule has 0 aromatic rings. The number of likely N-dealkylation sites (tertiary alicyclic amines) is 2. The Hall–Kier alpha value is -1.26. The molecule has 0 radical (unpaired) electrons. The average Bonchev–Trinajstić information content (AvgIpc) is 3.10. The SMILES string of the molecule is O=C(O)N1CCC2(CC1)CCN(C1CC1)C2=O. The van der Waals surface area contributed by atoms with Crippen LogP contribution in [0.2, 0.25) is 0 Å². The van der Waals surface area contributed by atoms with Gasteiger partial charge in [0.15, 0.2) is 0 Å². The van der Waals surface area contributed by atoms with E-state index in [1.807, 2.05) is 4.90 Å². The molecule has 0 atom stereocenters. The fourth-order valence-corrected chi connectivity index (χ4v) is 3.17. The normalized spacial score (nSPS) is 27.9. The minimum atomic E-state index is -0.857. The summed E-state index contributed by atoms with van der Waals surface area (Å²) >= 11 is 0. The van der Waals surface area contributed by atoms with Crippen molar-refractivity contribution in [3.05, 3.63) is 0 Å². The molecule has 1 spiro atoms. The Balaban J connectivity index is 1.68. The molecule has 17 heavy (non-hydrogen) atoms. The predicted molar refractivity (Wildman–Crippen MR) is 60.6 cm³/mol. The van der Waals surface area contributed by atoms with Crippen LogP contribution in [0.1, 0.15) is 32.1 Å². The van der Waals surface area contributed by atoms with E-state index in [9.17, 15) is 9.59 Å². The van der Waals surface area contributed by atoms with Crippen molar-refractivity contribution in [3.8, 4) is 0 Å². The van der Waals surface area contributed by atoms with Gasteiger partial charge < -0.3 is 14.9 Å². The van der Waals surface area contributed by atoms with Gasteiger partial charge in [-0.2, -0.15) is 0 Å². The Bertz CT molecular complexity index is 357. The highest BCUT2D eigenvalue weighted by Gasteiger charge is 2.51. The van der Waals surface area contributed by atoms with E-state index in [4.69, 9.17) is 5.11 Å². The Morgan fingerprint density at radius 1 is 1.18 bits per heavy atom. The first-order valence-electron chi connectivity index (χ1n) is 6.41. The Morgan fingerprint density at radius 3 is 2.29 bits per heavy atom. The number of hydrogen-bond acceptors (Lipinski definition) is 2. The second-order valence-corrected chi connectivity index (χ2v) is 5.53. The zero-order valence-electron chi connectivity index (χ0n) is 9.89. The average molecular weight is 238 g/mol. The second-order valence-electron chi connectivity index (χ2n) is 5.53. The number of hydrogen-bond donors (Lipinski definition) is 1. The lowest BCUT2D eigenvalue weighted by atomic mass is 9.77. The smallest absolute Gasteiger partial charge is 0.407 e. The fraction of sp³-hybridized carbons (Fsp3) is 0.833. The van der Waals surface area contributed by atoms with Gasteiger partial charge in [-0.1, -0.05) is 0 Å². The lowest BCUT2D eigenvalue weighted by molar-refractivity contribution is -0.138. The summed E-state index contributed by atoms with van der Waals surface area (Å²) < 4.78 is 0. The van der Waals surface area contributed by atoms with E-state index in [-0.39, 0.29) is 5.41 Å². The third-order valence-corrected chi connectivity index (χ3v) is 4.52. The van der Waals surface area contributed by atoms with Gasteiger partial charge in [0.25, 0.3) is 0 Å². The van der Waals surface area contributed by atoms with Crippen molar-refractivity contribution in [2.24, 2.45) is 5.41 Å². The summed E-state index contributed by atoms with van der Waals surface area (Å²) in [7, 11) is 0. The number of rotatable bonds is 1. The van der Waals surface area contributed by atoms with E-state index in [0.29, 0.717) is 37.9 Å². The number of carbonyl (C=O) groups is 2. The third kappa shape index (κ3) is 1.68. The highest BCUT2D eigenvalue weighted by atomic mass is 16.4. The quantitative estimate of drug-likeness (QED) is 0.745. The van der Waals surface area contributed by atoms with Gasteiger partial charge in [-0.15, -0.1) is 0 Å². The maximum absolute atomic E-state index is 12.4. The van der Waals surface area contributed by atoms with E-state index in [1.54, 1.807) is 0 Å². The molecule has 1 N–H and O–H groups in total. The van der Waals surface area contributed by atoms with Crippen LogP contribution in [0.4, 0.5) is 4.79 Å². The lowest BCUT2D eigenvalue weighted by Crippen LogP contribution is -2.46. The molecule has 1 saturated carbocycles. The number of piperidine rings is 1. The zero-order chi connectivity index (χ0) is 12.0. The molecule has 0 bridgehead atoms. The van der Waals surface area contributed by atoms with Gasteiger partial charge in [-0.05, 0) is 32.1 Å². The first-order valence-corrected chi connectivity index (χ1v) is 6.41. The molecule has 0 aromatic heterocycles. The molecule has 0 aromatic carbocycles. The molecular formula is C12H18N2O3. The van der Waals surface area contributed by atoms with Crippen molar-refractivity contribution in [1.29, 1.82) is 0 Å². The highest BCUT2D eigenvalue weighted by molar-refractivity contribution is 5.85. The van der Waals surface area contributed by atoms with Gasteiger partial charge in [-0.25, -0.2) is 4.79 Å². The second kappa shape index (κ2) is 3.62. The van der Waals surface area contributed by atoms with Gasteiger partial charge >= 0.3 is 6.09 Å². The van der Waals surface area contributed by atoms with Crippen LogP contribution in [-0.2, 0) is 4.79 Å². The Morgan fingerprint density at radius 2 is 1.76 bits per heavy atom. The molecule has 3 fully saturated rings. The summed E-state index contributed by atoms with van der Waals surface area (Å²) in [6.07, 6.45) is 3.80. The number of carbonyl (C=O) groups excluding carboxylic acids is 1. The van der Waals surface area contributed by atoms with E-state index in [1.165, 1.54) is 4.90 Å². The standard InChI is InChI=1S/C12H18N2O3/c15-10-12(5-8-14(10)9-1-2-9)3-6-13(7-4-12)11(16)17/h9H,1-8H2,(H,16,17). The third-order valence-electron chi connectivity index (χ3n) is 4.52. The maximum Gasteiger partial charge on any atom is 0.407 e. The van der Waals surface area contributed by atoms with Crippen molar-refractivity contribution in [1.82, 2.24) is 9.80 Å². The highest BCUT2D eigenvalue weighted by Crippen LogP contribution is 2.45. The molecule has 0 unspecified atom stereocenters. The molecule has 5 nitrogen and oxygen atoms in total. The van der Waals surface area contributed by atoms with Crippen LogP contribution in [0.3, 0.4) is 0 Å². The van der Waals surface area contributed by atoms with Crippen LogP contribution in [0.5, 0.6) is 0 Å². The number of amides is 2. The minimum Gasteiger partial charge on any atom is -0.465 e. The summed E-state index contributed by atoms with van der Waals surface area (Å²) in [5.74, 6) is 0.296. The van der Waals surface area contributed by atoms with Crippen molar-refractivity contribution in [2.75, 3.05) is 19.6 Å². The van der Waals surface area contributed by atoms with Crippen LogP contribution in [-0.4, -0.2) is 52.6 Å². The van der Waals surface area contributed by atoms with Gasteiger partial charge in [0.05, 0.1) is 5.41 Å². The number of nitrogens with zero attached hydrogens (tertiary/aromatic N) is 2. The predicted octanol–water partition coefficient (Wildman–Crippen LogP) is 1.14. The van der Waals surface area contributed by atoms with Gasteiger partial charge in [0.2, 0.25) is 5.91 Å². The van der Waals surface area contributed by atoms with Crippen molar-refractivity contribution in [3.63, 3.8) is 0 Å². The molecule has 2 saturated heterocycles. The first-order chi connectivity index (χ1) is 8.12. The number of carboxylic acid groups (broad SMARTS) is 1. The Kier molecular flexibility index (Phi) is 2.31. The van der Waals surface area contributed by atoms with Gasteiger partial charge in [0, 0.05) is 25.7 Å². The topological polar surface area (TPSA) is 60.9 Å². The molecule has 94 valence electrons. The first kappa shape index (κ1) is 10.9. The molecule has 1 aliphatic carbocycles. The summed E-state index contributed by atoms with van der Waals surface area (Å²) in [5.41, 5.74) is -0.228. The summed E-state index contributed by atoms with van der Waals surface area (Å²) in [6, 6.07) is 0.499. The van der Waals surface area contributed by atoms with Crippen molar-refractivity contribution < 1.29 is 14.7 Å². The largest absolute Gasteiger partial charge is 0.465 e. The van der Waals surface area contributed by atoms with E-state index >= 15 is 0 Å². The van der Waals surface area contributed by atoms with Crippen molar-refractivity contribution in [2.45, 2.75) is 38.1 Å². The lowest BCUT2D eigenvalue weighted by Gasteiger charge is -2.36. The molecular weight excluding hydrogens is 220 g/mol. The molecule has 2 heterocycles. The molecule has 2 aliphatic heterocycles. The maximum atomic E-state index is 12.4. The fourth-order valence-electron chi connectivity index (χ4n) is 3.17. The van der Waals surface area contributed by atoms with E-state index in [2.05, 4.69) is 0 Å². The zero-order valence-corrected chi connectivity index (χ0v) is 9.89. The van der Waals surface area contributed by atoms with Crippen LogP contribution in [0.15, 0.2) is 0 Å². The van der Waals surface area contributed by atoms with Crippen LogP contribution in [0, 0.1) is 5.41 Å². The molecule has 2 amide bonds. The molecule has 5 heteroatoms. The molecule has 3 aliphatic rings. The van der Waals surface area contributed by atoms with E-state index in [0.717, 1.165) is 25.8 Å². The molecule has 3 rings (SSSR count). The van der Waals surface area contributed by atoms with Gasteiger partial charge in [0.1, 0.15) is 0 Å². The van der Waals surface area contributed by atoms with Crippen molar-refractivity contribution >= 4 is 12.0 Å². The summed E-state index contributed by atoms with van der Waals surface area (Å²) in [4.78, 5) is 26.7. The summed E-state index contributed by atoms with van der Waals surface area (Å²) in [5, 5.41) is 8.92. The monoisotopic (exact) mass is 238 g/mol. The van der Waals surface area contributed by atoms with Crippen LogP contribution >= 0.6 is 0 Å². The van der Waals surface area contributed by atoms with E-state index < -0.39 is 6.09 Å². The minimum absolute atomic E-state index is 0.228. The Labute approximate surface area is 100 Å². The summed E-state index contributed by atoms with van der Waals surface area (Å²) in [6.45, 7) is 1.91.